The molecule has 0 aromatic rings. The molecule has 2 rings (SSSR count). The summed E-state index contributed by atoms with van der Waals surface area (Å²) in [6, 6.07) is 0.636. The van der Waals surface area contributed by atoms with E-state index in [9.17, 15) is 0 Å². The number of hydrogen-bond donors (Lipinski definition) is 0. The quantitative estimate of drug-likeness (QED) is 0.654. The average molecular weight is 225 g/mol. The Balaban J connectivity index is 2.06. The number of nitrogens with zero attached hydrogens (tertiary/aromatic N) is 1. The Hall–Kier alpha value is 0.0200. The molecule has 0 radical (unpaired) electrons. The van der Waals surface area contributed by atoms with Crippen LogP contribution in [0.25, 0.3) is 0 Å². The maximum Gasteiger partial charge on any atom is 0.0630 e. The largest absolute Gasteiger partial charge is 0.282 e. The van der Waals surface area contributed by atoms with Crippen LogP contribution in [-0.2, 0) is 0 Å². The molecule has 86 valence electrons. The van der Waals surface area contributed by atoms with Gasteiger partial charge in [0.15, 0.2) is 0 Å². The maximum absolute atomic E-state index is 4.66. The minimum absolute atomic E-state index is 0.636. The first kappa shape index (κ1) is 11.5. The highest BCUT2D eigenvalue weighted by molar-refractivity contribution is 8.12. The number of aliphatic imine (C=N–C) groups is 1. The van der Waals surface area contributed by atoms with Gasteiger partial charge < -0.3 is 0 Å². The van der Waals surface area contributed by atoms with Crippen molar-refractivity contribution in [2.75, 3.05) is 0 Å². The van der Waals surface area contributed by atoms with E-state index >= 15 is 0 Å². The summed E-state index contributed by atoms with van der Waals surface area (Å²) in [5.74, 6) is 1.79. The lowest BCUT2D eigenvalue weighted by Gasteiger charge is -2.29. The van der Waals surface area contributed by atoms with Gasteiger partial charge in [0.2, 0.25) is 0 Å². The summed E-state index contributed by atoms with van der Waals surface area (Å²) in [6.45, 7) is 4.81. The predicted molar refractivity (Wildman–Crippen MR) is 69.7 cm³/mol. The van der Waals surface area contributed by atoms with E-state index in [2.05, 4.69) is 24.4 Å². The first-order valence-electron chi connectivity index (χ1n) is 6.50. The first-order valence-corrected chi connectivity index (χ1v) is 7.44. The molecule has 1 nitrogen and oxygen atoms in total. The Labute approximate surface area is 98.1 Å². The molecule has 0 bridgehead atoms. The summed E-state index contributed by atoms with van der Waals surface area (Å²) in [5.41, 5.74) is 2.11. The average Bonchev–Trinajstić information content (AvgIpc) is 2.70. The highest BCUT2D eigenvalue weighted by Gasteiger charge is 2.34. The summed E-state index contributed by atoms with van der Waals surface area (Å²) in [4.78, 5) is 4.66. The van der Waals surface area contributed by atoms with E-state index in [4.69, 9.17) is 0 Å². The Morgan fingerprint density at radius 2 is 2.07 bits per heavy atom. The second kappa shape index (κ2) is 5.38. The summed E-state index contributed by atoms with van der Waals surface area (Å²) >= 11 is 1.99. The van der Waals surface area contributed by atoms with Crippen molar-refractivity contribution < 1.29 is 0 Å². The van der Waals surface area contributed by atoms with Gasteiger partial charge in [-0.05, 0) is 18.3 Å². The van der Waals surface area contributed by atoms with Crippen molar-refractivity contribution in [3.63, 3.8) is 0 Å². The van der Waals surface area contributed by atoms with Gasteiger partial charge >= 0.3 is 0 Å². The third-order valence-corrected chi connectivity index (χ3v) is 5.51. The molecule has 1 fully saturated rings. The topological polar surface area (TPSA) is 12.4 Å². The van der Waals surface area contributed by atoms with Crippen LogP contribution in [0.3, 0.4) is 0 Å². The van der Waals surface area contributed by atoms with E-state index < -0.39 is 0 Å². The molecule has 4 atom stereocenters. The van der Waals surface area contributed by atoms with E-state index in [0.29, 0.717) is 6.04 Å². The lowest BCUT2D eigenvalue weighted by Crippen LogP contribution is -2.29. The summed E-state index contributed by atoms with van der Waals surface area (Å²) in [5, 5.41) is 0.785. The second-order valence-corrected chi connectivity index (χ2v) is 6.12. The van der Waals surface area contributed by atoms with Crippen LogP contribution in [-0.4, -0.2) is 16.8 Å². The Kier molecular flexibility index (Phi) is 4.13. The van der Waals surface area contributed by atoms with Crippen LogP contribution in [0.4, 0.5) is 0 Å². The lowest BCUT2D eigenvalue weighted by molar-refractivity contribution is 0.304. The minimum atomic E-state index is 0.636. The van der Waals surface area contributed by atoms with Crippen LogP contribution in [0.2, 0.25) is 0 Å². The fourth-order valence-corrected chi connectivity index (χ4v) is 4.34. The molecule has 1 heterocycles. The molecule has 1 saturated carbocycles. The Morgan fingerprint density at radius 1 is 1.27 bits per heavy atom. The van der Waals surface area contributed by atoms with Gasteiger partial charge in [0.25, 0.3) is 0 Å². The van der Waals surface area contributed by atoms with E-state index in [0.717, 1.165) is 17.1 Å². The molecule has 0 spiro atoms. The monoisotopic (exact) mass is 225 g/mol. The summed E-state index contributed by atoms with van der Waals surface area (Å²) in [7, 11) is 0. The molecular formula is C13H23NS. The molecule has 0 aromatic heterocycles. The van der Waals surface area contributed by atoms with Crippen molar-refractivity contribution in [3.05, 3.63) is 0 Å². The normalized spacial score (nSPS) is 41.7. The molecule has 15 heavy (non-hydrogen) atoms. The standard InChI is InChI=1S/C13H23NS/c1-3-11-7-5-4-6-8-12-13(10(11)2)15-9-14-12/h9-13H,3-8H2,1-2H3. The molecule has 2 aliphatic rings. The molecule has 4 unspecified atom stereocenters. The van der Waals surface area contributed by atoms with Crippen molar-refractivity contribution in [1.29, 1.82) is 0 Å². The number of hydrogen-bond acceptors (Lipinski definition) is 2. The van der Waals surface area contributed by atoms with Crippen molar-refractivity contribution in [1.82, 2.24) is 0 Å². The second-order valence-electron chi connectivity index (χ2n) is 5.09. The molecule has 1 aliphatic heterocycles. The highest BCUT2D eigenvalue weighted by Crippen LogP contribution is 2.39. The molecule has 0 amide bonds. The third-order valence-electron chi connectivity index (χ3n) is 4.21. The van der Waals surface area contributed by atoms with Crippen LogP contribution in [0.15, 0.2) is 4.99 Å². The van der Waals surface area contributed by atoms with Gasteiger partial charge in [0, 0.05) is 5.25 Å². The van der Waals surface area contributed by atoms with Crippen LogP contribution < -0.4 is 0 Å². The smallest absolute Gasteiger partial charge is 0.0630 e. The van der Waals surface area contributed by atoms with Gasteiger partial charge in [-0.15, -0.1) is 11.8 Å². The zero-order valence-electron chi connectivity index (χ0n) is 9.98. The van der Waals surface area contributed by atoms with Crippen LogP contribution in [0.5, 0.6) is 0 Å². The van der Waals surface area contributed by atoms with Gasteiger partial charge in [-0.1, -0.05) is 46.0 Å². The molecule has 0 aromatic carbocycles. The molecule has 2 heteroatoms. The number of thioether (sulfide) groups is 1. The molecule has 0 saturated heterocycles. The van der Waals surface area contributed by atoms with Gasteiger partial charge in [-0.3, -0.25) is 4.99 Å². The van der Waals surface area contributed by atoms with E-state index in [1.807, 2.05) is 11.8 Å². The number of rotatable bonds is 1. The number of fused-ring (bicyclic) bond motifs is 1. The van der Waals surface area contributed by atoms with E-state index in [1.165, 1.54) is 38.5 Å². The highest BCUT2D eigenvalue weighted by atomic mass is 32.2. The zero-order chi connectivity index (χ0) is 10.7. The maximum atomic E-state index is 4.66. The van der Waals surface area contributed by atoms with Crippen LogP contribution in [0, 0.1) is 11.8 Å². The summed E-state index contributed by atoms with van der Waals surface area (Å²) in [6.07, 6.45) is 8.38. The predicted octanol–water partition coefficient (Wildman–Crippen LogP) is 4.13. The fourth-order valence-electron chi connectivity index (χ4n) is 3.12. The van der Waals surface area contributed by atoms with Crippen molar-refractivity contribution in [3.8, 4) is 0 Å². The van der Waals surface area contributed by atoms with E-state index in [1.54, 1.807) is 0 Å². The third kappa shape index (κ3) is 2.58. The van der Waals surface area contributed by atoms with Gasteiger partial charge in [-0.25, -0.2) is 0 Å². The molecule has 1 aliphatic carbocycles. The fraction of sp³-hybridized carbons (Fsp3) is 0.923. The Morgan fingerprint density at radius 3 is 2.87 bits per heavy atom. The summed E-state index contributed by atoms with van der Waals surface area (Å²) < 4.78 is 0. The SMILES string of the molecule is CCC1CCCCCC2N=CSC2C1C. The van der Waals surface area contributed by atoms with Crippen LogP contribution >= 0.6 is 11.8 Å². The van der Waals surface area contributed by atoms with Gasteiger partial charge in [-0.2, -0.15) is 0 Å². The van der Waals surface area contributed by atoms with Gasteiger partial charge in [0.1, 0.15) is 0 Å². The first-order chi connectivity index (χ1) is 7.33. The van der Waals surface area contributed by atoms with Crippen LogP contribution in [0.1, 0.15) is 52.4 Å². The van der Waals surface area contributed by atoms with Gasteiger partial charge in [0.05, 0.1) is 11.6 Å². The molecular weight excluding hydrogens is 202 g/mol. The minimum Gasteiger partial charge on any atom is -0.282 e. The molecule has 0 N–H and O–H groups in total. The van der Waals surface area contributed by atoms with Crippen molar-refractivity contribution >= 4 is 17.3 Å². The Bertz CT molecular complexity index is 227. The zero-order valence-corrected chi connectivity index (χ0v) is 10.8. The van der Waals surface area contributed by atoms with E-state index in [-0.39, 0.29) is 0 Å². The lowest BCUT2D eigenvalue weighted by atomic mass is 9.83. The van der Waals surface area contributed by atoms with Crippen molar-refractivity contribution in [2.24, 2.45) is 16.8 Å². The van der Waals surface area contributed by atoms with Crippen molar-refractivity contribution in [2.45, 2.75) is 63.7 Å².